The first-order valence-electron chi connectivity index (χ1n) is 8.61. The number of hydrogen-bond acceptors (Lipinski definition) is 3. The molecule has 2 aromatic rings. The van der Waals surface area contributed by atoms with Gasteiger partial charge in [-0.05, 0) is 42.5 Å². The number of fused-ring (bicyclic) bond motifs is 1. The van der Waals surface area contributed by atoms with Crippen LogP contribution in [-0.4, -0.2) is 48.2 Å². The second kappa shape index (κ2) is 8.35. The van der Waals surface area contributed by atoms with Gasteiger partial charge in [0.05, 0.1) is 0 Å². The Hall–Kier alpha value is -1.79. The van der Waals surface area contributed by atoms with Gasteiger partial charge in [-0.15, -0.1) is 11.3 Å². The predicted octanol–water partition coefficient (Wildman–Crippen LogP) is 2.16. The average molecular weight is 346 g/mol. The number of aliphatic imine (C=N–C) groups is 1. The molecule has 3 rings (SSSR count). The summed E-state index contributed by atoms with van der Waals surface area (Å²) in [4.78, 5) is 8.43. The van der Waals surface area contributed by atoms with Crippen LogP contribution in [0.3, 0.4) is 0 Å². The maximum absolute atomic E-state index is 4.32. The number of guanidine groups is 1. The lowest BCUT2D eigenvalue weighted by Crippen LogP contribution is -2.47. The van der Waals surface area contributed by atoms with Crippen molar-refractivity contribution in [1.29, 1.82) is 0 Å². The van der Waals surface area contributed by atoms with Crippen molar-refractivity contribution in [3.63, 3.8) is 0 Å². The average Bonchev–Trinajstić information content (AvgIpc) is 3.28. The number of thiophene rings is 1. The Morgan fingerprint density at radius 3 is 2.96 bits per heavy atom. The molecule has 6 heteroatoms. The number of nitrogens with zero attached hydrogens (tertiary/aromatic N) is 3. The van der Waals surface area contributed by atoms with Crippen molar-refractivity contribution in [2.24, 2.45) is 4.99 Å². The summed E-state index contributed by atoms with van der Waals surface area (Å²) in [7, 11) is 1.83. The predicted molar refractivity (Wildman–Crippen MR) is 102 cm³/mol. The second-order valence-electron chi connectivity index (χ2n) is 6.24. The third-order valence-electron chi connectivity index (χ3n) is 4.58. The zero-order valence-electron chi connectivity index (χ0n) is 14.5. The maximum Gasteiger partial charge on any atom is 0.191 e. The molecule has 130 valence electrons. The van der Waals surface area contributed by atoms with E-state index in [9.17, 15) is 0 Å². The van der Waals surface area contributed by atoms with E-state index in [2.05, 4.69) is 55.9 Å². The van der Waals surface area contributed by atoms with Crippen molar-refractivity contribution < 1.29 is 0 Å². The zero-order chi connectivity index (χ0) is 16.8. The van der Waals surface area contributed by atoms with Crippen molar-refractivity contribution in [3.05, 3.63) is 46.4 Å². The van der Waals surface area contributed by atoms with E-state index in [1.165, 1.54) is 12.0 Å². The molecular weight excluding hydrogens is 318 g/mol. The first kappa shape index (κ1) is 17.0. The van der Waals surface area contributed by atoms with E-state index in [4.69, 9.17) is 0 Å². The normalized spacial score (nSPS) is 16.7. The highest BCUT2D eigenvalue weighted by Crippen LogP contribution is 2.24. The fraction of sp³-hybridized carbons (Fsp3) is 0.500. The topological polar surface area (TPSA) is 44.6 Å². The molecule has 0 fully saturated rings. The molecule has 1 atom stereocenters. The Kier molecular flexibility index (Phi) is 5.93. The van der Waals surface area contributed by atoms with E-state index in [1.807, 2.05) is 30.5 Å². The molecule has 0 amide bonds. The van der Waals surface area contributed by atoms with Crippen LogP contribution in [0.4, 0.5) is 0 Å². The summed E-state index contributed by atoms with van der Waals surface area (Å²) in [6.45, 7) is 7.22. The fourth-order valence-electron chi connectivity index (χ4n) is 3.06. The van der Waals surface area contributed by atoms with Gasteiger partial charge in [0.15, 0.2) is 5.96 Å². The summed E-state index contributed by atoms with van der Waals surface area (Å²) in [5, 5.41) is 9.05. The second-order valence-corrected chi connectivity index (χ2v) is 7.24. The number of nitrogens with one attached hydrogen (secondary N) is 2. The molecule has 0 radical (unpaired) electrons. The molecule has 0 bridgehead atoms. The Balaban J connectivity index is 1.40. The van der Waals surface area contributed by atoms with Gasteiger partial charge in [-0.3, -0.25) is 9.89 Å². The number of aromatic nitrogens is 1. The highest BCUT2D eigenvalue weighted by Gasteiger charge is 2.21. The first-order chi connectivity index (χ1) is 11.8. The SMILES string of the molecule is CN=C(NCCn1cccc1)NCC(C)N1CCc2sccc2C1. The van der Waals surface area contributed by atoms with Crippen LogP contribution in [0.1, 0.15) is 17.4 Å². The summed E-state index contributed by atoms with van der Waals surface area (Å²) in [5.74, 6) is 0.877. The van der Waals surface area contributed by atoms with Crippen molar-refractivity contribution in [2.75, 3.05) is 26.7 Å². The molecule has 0 aliphatic carbocycles. The van der Waals surface area contributed by atoms with Gasteiger partial charge < -0.3 is 15.2 Å². The standard InChI is InChI=1S/C18H27N5S/c1-15(23-10-5-17-16(14-23)6-12-24-17)13-21-18(19-2)20-7-11-22-8-3-4-9-22/h3-4,6,8-9,12,15H,5,7,10-11,13-14H2,1-2H3,(H2,19,20,21). The van der Waals surface area contributed by atoms with Gasteiger partial charge in [0, 0.05) is 63.1 Å². The van der Waals surface area contributed by atoms with Crippen LogP contribution < -0.4 is 10.6 Å². The monoisotopic (exact) mass is 345 g/mol. The Bertz CT molecular complexity index is 646. The van der Waals surface area contributed by atoms with Gasteiger partial charge in [-0.1, -0.05) is 0 Å². The summed E-state index contributed by atoms with van der Waals surface area (Å²) in [6.07, 6.45) is 5.34. The Morgan fingerprint density at radius 1 is 1.33 bits per heavy atom. The van der Waals surface area contributed by atoms with E-state index < -0.39 is 0 Å². The van der Waals surface area contributed by atoms with Crippen molar-refractivity contribution in [3.8, 4) is 0 Å². The summed E-state index contributed by atoms with van der Waals surface area (Å²) >= 11 is 1.90. The van der Waals surface area contributed by atoms with Gasteiger partial charge in [0.25, 0.3) is 0 Å². The minimum atomic E-state index is 0.487. The van der Waals surface area contributed by atoms with Crippen LogP contribution in [0.15, 0.2) is 41.0 Å². The lowest BCUT2D eigenvalue weighted by Gasteiger charge is -2.32. The number of rotatable bonds is 6. The third kappa shape index (κ3) is 4.39. The molecule has 1 aliphatic rings. The molecule has 0 spiro atoms. The van der Waals surface area contributed by atoms with Gasteiger partial charge in [0.2, 0.25) is 0 Å². The van der Waals surface area contributed by atoms with Crippen LogP contribution >= 0.6 is 11.3 Å². The molecule has 1 unspecified atom stereocenters. The summed E-state index contributed by atoms with van der Waals surface area (Å²) < 4.78 is 2.16. The first-order valence-corrected chi connectivity index (χ1v) is 9.49. The van der Waals surface area contributed by atoms with Crippen LogP contribution in [0.2, 0.25) is 0 Å². The molecule has 2 aromatic heterocycles. The van der Waals surface area contributed by atoms with Crippen LogP contribution in [0.5, 0.6) is 0 Å². The molecule has 2 N–H and O–H groups in total. The van der Waals surface area contributed by atoms with Gasteiger partial charge in [0.1, 0.15) is 0 Å². The minimum absolute atomic E-state index is 0.487. The largest absolute Gasteiger partial charge is 0.355 e. The van der Waals surface area contributed by atoms with Gasteiger partial charge >= 0.3 is 0 Å². The number of hydrogen-bond donors (Lipinski definition) is 2. The van der Waals surface area contributed by atoms with E-state index in [-0.39, 0.29) is 0 Å². The lowest BCUT2D eigenvalue weighted by molar-refractivity contribution is 0.192. The highest BCUT2D eigenvalue weighted by atomic mass is 32.1. The van der Waals surface area contributed by atoms with Gasteiger partial charge in [-0.2, -0.15) is 0 Å². The lowest BCUT2D eigenvalue weighted by atomic mass is 10.1. The molecule has 1 aliphatic heterocycles. The van der Waals surface area contributed by atoms with E-state index in [1.54, 1.807) is 4.88 Å². The molecule has 0 aromatic carbocycles. The van der Waals surface area contributed by atoms with Crippen LogP contribution in [0.25, 0.3) is 0 Å². The Morgan fingerprint density at radius 2 is 2.17 bits per heavy atom. The minimum Gasteiger partial charge on any atom is -0.355 e. The fourth-order valence-corrected chi connectivity index (χ4v) is 3.95. The highest BCUT2D eigenvalue weighted by molar-refractivity contribution is 7.10. The Labute approximate surface area is 148 Å². The van der Waals surface area contributed by atoms with Crippen molar-refractivity contribution in [1.82, 2.24) is 20.1 Å². The molecule has 24 heavy (non-hydrogen) atoms. The smallest absolute Gasteiger partial charge is 0.191 e. The molecule has 0 saturated heterocycles. The quantitative estimate of drug-likeness (QED) is 0.623. The van der Waals surface area contributed by atoms with Crippen LogP contribution in [0, 0.1) is 0 Å². The summed E-state index contributed by atoms with van der Waals surface area (Å²) in [6, 6.07) is 6.85. The third-order valence-corrected chi connectivity index (χ3v) is 5.60. The molecular formula is C18H27N5S. The maximum atomic E-state index is 4.32. The van der Waals surface area contributed by atoms with Crippen LogP contribution in [-0.2, 0) is 19.5 Å². The molecule has 0 saturated carbocycles. The zero-order valence-corrected chi connectivity index (χ0v) is 15.4. The molecule has 3 heterocycles. The molecule has 5 nitrogen and oxygen atoms in total. The van der Waals surface area contributed by atoms with E-state index in [0.29, 0.717) is 6.04 Å². The van der Waals surface area contributed by atoms with Gasteiger partial charge in [-0.25, -0.2) is 0 Å². The van der Waals surface area contributed by atoms with Crippen molar-refractivity contribution in [2.45, 2.75) is 32.5 Å². The summed E-state index contributed by atoms with van der Waals surface area (Å²) in [5.41, 5.74) is 1.51. The van der Waals surface area contributed by atoms with Crippen molar-refractivity contribution >= 4 is 17.3 Å². The van der Waals surface area contributed by atoms with E-state index >= 15 is 0 Å². The van der Waals surface area contributed by atoms with E-state index in [0.717, 1.165) is 38.7 Å².